The highest BCUT2D eigenvalue weighted by Crippen LogP contribution is 2.29. The summed E-state index contributed by atoms with van der Waals surface area (Å²) in [6.07, 6.45) is -0.654. The molecule has 2 aromatic carbocycles. The van der Waals surface area contributed by atoms with Gasteiger partial charge in [-0.3, -0.25) is 4.79 Å². The second kappa shape index (κ2) is 6.16. The van der Waals surface area contributed by atoms with Gasteiger partial charge in [-0.25, -0.2) is 0 Å². The van der Waals surface area contributed by atoms with Crippen LogP contribution in [-0.2, 0) is 4.74 Å². The maximum Gasteiger partial charge on any atom is 0.196 e. The van der Waals surface area contributed by atoms with Crippen LogP contribution in [0.2, 0.25) is 0 Å². The van der Waals surface area contributed by atoms with E-state index in [1.54, 1.807) is 19.2 Å². The van der Waals surface area contributed by atoms with Gasteiger partial charge in [0.2, 0.25) is 0 Å². The van der Waals surface area contributed by atoms with Crippen molar-refractivity contribution < 1.29 is 14.3 Å². The Morgan fingerprint density at radius 3 is 2.21 bits per heavy atom. The first kappa shape index (κ1) is 13.3. The SMILES string of the molecule is COc1ccccc1C(OC)C(=O)c1ccccc1. The van der Waals surface area contributed by atoms with Gasteiger partial charge in [0.1, 0.15) is 11.9 Å². The Bertz CT molecular complexity index is 549. The molecule has 98 valence electrons. The zero-order chi connectivity index (χ0) is 13.7. The van der Waals surface area contributed by atoms with Gasteiger partial charge in [-0.1, -0.05) is 48.5 Å². The number of para-hydroxylation sites is 1. The summed E-state index contributed by atoms with van der Waals surface area (Å²) in [6.45, 7) is 0. The highest BCUT2D eigenvalue weighted by Gasteiger charge is 2.24. The van der Waals surface area contributed by atoms with Crippen LogP contribution in [0.1, 0.15) is 22.0 Å². The molecule has 0 saturated carbocycles. The van der Waals surface area contributed by atoms with Crippen LogP contribution in [0.4, 0.5) is 0 Å². The highest BCUT2D eigenvalue weighted by atomic mass is 16.5. The van der Waals surface area contributed by atoms with Gasteiger partial charge in [-0.15, -0.1) is 0 Å². The van der Waals surface area contributed by atoms with Gasteiger partial charge in [-0.05, 0) is 6.07 Å². The molecule has 0 bridgehead atoms. The number of carbonyl (C=O) groups is 1. The Morgan fingerprint density at radius 1 is 0.947 bits per heavy atom. The molecule has 0 N–H and O–H groups in total. The Kier molecular flexibility index (Phi) is 4.31. The van der Waals surface area contributed by atoms with E-state index in [1.807, 2.05) is 42.5 Å². The van der Waals surface area contributed by atoms with Crippen LogP contribution >= 0.6 is 0 Å². The van der Waals surface area contributed by atoms with Crippen LogP contribution in [0.25, 0.3) is 0 Å². The van der Waals surface area contributed by atoms with Crippen LogP contribution in [-0.4, -0.2) is 20.0 Å². The number of methoxy groups -OCH3 is 2. The van der Waals surface area contributed by atoms with Gasteiger partial charge >= 0.3 is 0 Å². The molecular weight excluding hydrogens is 240 g/mol. The van der Waals surface area contributed by atoms with Crippen molar-refractivity contribution in [3.63, 3.8) is 0 Å². The zero-order valence-electron chi connectivity index (χ0n) is 11.0. The van der Waals surface area contributed by atoms with Crippen molar-refractivity contribution in [1.29, 1.82) is 0 Å². The summed E-state index contributed by atoms with van der Waals surface area (Å²) in [4.78, 5) is 12.5. The lowest BCUT2D eigenvalue weighted by Gasteiger charge is -2.17. The number of rotatable bonds is 5. The maximum atomic E-state index is 12.5. The average Bonchev–Trinajstić information content (AvgIpc) is 2.49. The molecule has 0 aromatic heterocycles. The van der Waals surface area contributed by atoms with Gasteiger partial charge in [0, 0.05) is 18.2 Å². The van der Waals surface area contributed by atoms with Crippen molar-refractivity contribution in [3.8, 4) is 5.75 Å². The third-order valence-electron chi connectivity index (χ3n) is 2.95. The molecule has 1 unspecified atom stereocenters. The fraction of sp³-hybridized carbons (Fsp3) is 0.188. The number of hydrogen-bond donors (Lipinski definition) is 0. The Hall–Kier alpha value is -2.13. The summed E-state index contributed by atoms with van der Waals surface area (Å²) in [5.74, 6) is 0.575. The van der Waals surface area contributed by atoms with Crippen LogP contribution in [0.15, 0.2) is 54.6 Å². The maximum absolute atomic E-state index is 12.5. The Morgan fingerprint density at radius 2 is 1.58 bits per heavy atom. The number of Topliss-reactive ketones (excluding diaryl/α,β-unsaturated/α-hetero) is 1. The number of benzene rings is 2. The molecule has 0 radical (unpaired) electrons. The first-order valence-electron chi connectivity index (χ1n) is 6.03. The number of ketones is 1. The molecule has 2 rings (SSSR count). The van der Waals surface area contributed by atoms with Gasteiger partial charge in [0.15, 0.2) is 5.78 Å². The first-order chi connectivity index (χ1) is 9.27. The molecule has 0 amide bonds. The molecule has 2 aromatic rings. The van der Waals surface area contributed by atoms with E-state index in [9.17, 15) is 4.79 Å². The smallest absolute Gasteiger partial charge is 0.196 e. The van der Waals surface area contributed by atoms with Crippen LogP contribution < -0.4 is 4.74 Å². The summed E-state index contributed by atoms with van der Waals surface area (Å²) in [6, 6.07) is 16.5. The minimum absolute atomic E-state index is 0.0763. The molecular formula is C16H16O3. The Balaban J connectivity index is 2.37. The topological polar surface area (TPSA) is 35.5 Å². The third-order valence-corrected chi connectivity index (χ3v) is 2.95. The fourth-order valence-electron chi connectivity index (χ4n) is 2.01. The van der Waals surface area contributed by atoms with Crippen molar-refractivity contribution in [3.05, 3.63) is 65.7 Å². The van der Waals surface area contributed by atoms with Crippen molar-refractivity contribution in [2.75, 3.05) is 14.2 Å². The van der Waals surface area contributed by atoms with E-state index in [1.165, 1.54) is 7.11 Å². The molecule has 3 heteroatoms. The molecule has 0 fully saturated rings. The predicted octanol–water partition coefficient (Wildman–Crippen LogP) is 3.27. The lowest BCUT2D eigenvalue weighted by atomic mass is 9.99. The van der Waals surface area contributed by atoms with Crippen LogP contribution in [0, 0.1) is 0 Å². The van der Waals surface area contributed by atoms with Crippen molar-refractivity contribution >= 4 is 5.78 Å². The second-order valence-corrected chi connectivity index (χ2v) is 4.09. The second-order valence-electron chi connectivity index (χ2n) is 4.09. The lowest BCUT2D eigenvalue weighted by Crippen LogP contribution is -2.15. The van der Waals surface area contributed by atoms with Crippen molar-refractivity contribution in [1.82, 2.24) is 0 Å². The molecule has 0 aliphatic carbocycles. The highest BCUT2D eigenvalue weighted by molar-refractivity contribution is 6.00. The number of ether oxygens (including phenoxy) is 2. The van der Waals surface area contributed by atoms with Crippen molar-refractivity contribution in [2.45, 2.75) is 6.10 Å². The standard InChI is InChI=1S/C16H16O3/c1-18-14-11-7-6-10-13(14)16(19-2)15(17)12-8-4-3-5-9-12/h3-11,16H,1-2H3. The van der Waals surface area contributed by atoms with E-state index in [2.05, 4.69) is 0 Å². The lowest BCUT2D eigenvalue weighted by molar-refractivity contribution is 0.0597. The average molecular weight is 256 g/mol. The largest absolute Gasteiger partial charge is 0.496 e. The molecule has 19 heavy (non-hydrogen) atoms. The fourth-order valence-corrected chi connectivity index (χ4v) is 2.01. The monoisotopic (exact) mass is 256 g/mol. The molecule has 0 heterocycles. The van der Waals surface area contributed by atoms with E-state index in [-0.39, 0.29) is 5.78 Å². The van der Waals surface area contributed by atoms with Crippen LogP contribution in [0.3, 0.4) is 0 Å². The van der Waals surface area contributed by atoms with Gasteiger partial charge in [0.25, 0.3) is 0 Å². The van der Waals surface area contributed by atoms with E-state index < -0.39 is 6.10 Å². The van der Waals surface area contributed by atoms with E-state index in [0.717, 1.165) is 5.56 Å². The quantitative estimate of drug-likeness (QED) is 0.770. The molecule has 1 atom stereocenters. The normalized spacial score (nSPS) is 11.9. The van der Waals surface area contributed by atoms with E-state index >= 15 is 0 Å². The summed E-state index contributed by atoms with van der Waals surface area (Å²) in [7, 11) is 3.11. The van der Waals surface area contributed by atoms with Gasteiger partial charge in [-0.2, -0.15) is 0 Å². The molecule has 0 spiro atoms. The van der Waals surface area contributed by atoms with Gasteiger partial charge in [0.05, 0.1) is 7.11 Å². The minimum atomic E-state index is -0.654. The predicted molar refractivity (Wildman–Crippen MR) is 73.5 cm³/mol. The summed E-state index contributed by atoms with van der Waals surface area (Å²) < 4.78 is 10.6. The molecule has 0 saturated heterocycles. The third kappa shape index (κ3) is 2.83. The van der Waals surface area contributed by atoms with E-state index in [4.69, 9.17) is 9.47 Å². The van der Waals surface area contributed by atoms with Gasteiger partial charge < -0.3 is 9.47 Å². The first-order valence-corrected chi connectivity index (χ1v) is 6.03. The molecule has 0 aliphatic heterocycles. The number of hydrogen-bond acceptors (Lipinski definition) is 3. The Labute approximate surface area is 112 Å². The summed E-state index contributed by atoms with van der Waals surface area (Å²) >= 11 is 0. The summed E-state index contributed by atoms with van der Waals surface area (Å²) in [5.41, 5.74) is 1.36. The molecule has 0 aliphatic rings. The summed E-state index contributed by atoms with van der Waals surface area (Å²) in [5, 5.41) is 0. The van der Waals surface area contributed by atoms with E-state index in [0.29, 0.717) is 11.3 Å². The molecule has 3 nitrogen and oxygen atoms in total. The number of carbonyl (C=O) groups excluding carboxylic acids is 1. The van der Waals surface area contributed by atoms with Crippen LogP contribution in [0.5, 0.6) is 5.75 Å². The van der Waals surface area contributed by atoms with Crippen molar-refractivity contribution in [2.24, 2.45) is 0 Å². The minimum Gasteiger partial charge on any atom is -0.496 e. The zero-order valence-corrected chi connectivity index (χ0v) is 11.0.